The van der Waals surface area contributed by atoms with Gasteiger partial charge in [-0.15, -0.1) is 0 Å². The topological polar surface area (TPSA) is 47.6 Å². The van der Waals surface area contributed by atoms with E-state index in [1.807, 2.05) is 64.1 Å². The summed E-state index contributed by atoms with van der Waals surface area (Å²) in [5.41, 5.74) is 2.38. The first-order valence-electron chi connectivity index (χ1n) is 9.74. The summed E-state index contributed by atoms with van der Waals surface area (Å²) in [6.07, 6.45) is 2.10. The van der Waals surface area contributed by atoms with Crippen LogP contribution in [0.2, 0.25) is 0 Å². The highest BCUT2D eigenvalue weighted by Crippen LogP contribution is 2.16. The number of ether oxygens (including phenoxy) is 2. The Morgan fingerprint density at radius 1 is 1.04 bits per heavy atom. The van der Waals surface area contributed by atoms with Crippen molar-refractivity contribution in [1.29, 1.82) is 0 Å². The highest BCUT2D eigenvalue weighted by Gasteiger charge is 2.17. The van der Waals surface area contributed by atoms with Crippen molar-refractivity contribution in [2.45, 2.75) is 59.2 Å². The molecule has 2 aromatic carbocycles. The van der Waals surface area contributed by atoms with Gasteiger partial charge in [0.15, 0.2) is 6.10 Å². The van der Waals surface area contributed by atoms with E-state index in [1.54, 1.807) is 0 Å². The first-order chi connectivity index (χ1) is 13.0. The van der Waals surface area contributed by atoms with Gasteiger partial charge in [0.25, 0.3) is 5.91 Å². The van der Waals surface area contributed by atoms with Crippen molar-refractivity contribution < 1.29 is 14.3 Å². The van der Waals surface area contributed by atoms with Gasteiger partial charge in [0, 0.05) is 6.54 Å². The SMILES string of the molecule is CC[C@H](Oc1ccc(C)cc1)C(=O)NCCCc1cccc(OC(C)C)c1. The molecule has 0 saturated heterocycles. The van der Waals surface area contributed by atoms with Gasteiger partial charge in [0.2, 0.25) is 0 Å². The van der Waals surface area contributed by atoms with Gasteiger partial charge in [-0.3, -0.25) is 4.79 Å². The standard InChI is InChI=1S/C23H31NO3/c1-5-22(27-20-13-11-18(4)12-14-20)23(25)24-15-7-9-19-8-6-10-21(16-19)26-17(2)3/h6,8,10-14,16-17,22H,5,7,9,15H2,1-4H3,(H,24,25)/t22-/m0/s1. The van der Waals surface area contributed by atoms with Crippen molar-refractivity contribution in [3.63, 3.8) is 0 Å². The molecule has 0 unspecified atom stereocenters. The molecule has 0 saturated carbocycles. The molecule has 0 bridgehead atoms. The lowest BCUT2D eigenvalue weighted by Crippen LogP contribution is -2.38. The van der Waals surface area contributed by atoms with Crippen LogP contribution in [-0.2, 0) is 11.2 Å². The van der Waals surface area contributed by atoms with Crippen molar-refractivity contribution in [1.82, 2.24) is 5.32 Å². The average Bonchev–Trinajstić information content (AvgIpc) is 2.64. The second-order valence-corrected chi connectivity index (χ2v) is 7.04. The lowest BCUT2D eigenvalue weighted by molar-refractivity contribution is -0.128. The Bertz CT molecular complexity index is 710. The Hall–Kier alpha value is -2.49. The molecule has 2 aromatic rings. The van der Waals surface area contributed by atoms with Crippen molar-refractivity contribution in [3.05, 3.63) is 59.7 Å². The molecule has 0 heterocycles. The molecule has 0 aromatic heterocycles. The molecular weight excluding hydrogens is 338 g/mol. The molecule has 1 atom stereocenters. The minimum Gasteiger partial charge on any atom is -0.491 e. The third kappa shape index (κ3) is 7.33. The summed E-state index contributed by atoms with van der Waals surface area (Å²) in [5.74, 6) is 1.56. The predicted octanol–water partition coefficient (Wildman–Crippen LogP) is 4.69. The van der Waals surface area contributed by atoms with Gasteiger partial charge in [0.05, 0.1) is 6.10 Å². The Labute approximate surface area is 162 Å². The van der Waals surface area contributed by atoms with Crippen LogP contribution in [0.25, 0.3) is 0 Å². The van der Waals surface area contributed by atoms with Gasteiger partial charge >= 0.3 is 0 Å². The van der Waals surface area contributed by atoms with Crippen molar-refractivity contribution in [2.75, 3.05) is 6.54 Å². The summed E-state index contributed by atoms with van der Waals surface area (Å²) in [6.45, 7) is 8.65. The molecule has 146 valence electrons. The summed E-state index contributed by atoms with van der Waals surface area (Å²) >= 11 is 0. The minimum atomic E-state index is -0.463. The number of hydrogen-bond donors (Lipinski definition) is 1. The zero-order chi connectivity index (χ0) is 19.6. The molecule has 0 aliphatic carbocycles. The fourth-order valence-electron chi connectivity index (χ4n) is 2.77. The molecule has 1 amide bonds. The summed E-state index contributed by atoms with van der Waals surface area (Å²) in [6, 6.07) is 15.9. The van der Waals surface area contributed by atoms with Gasteiger partial charge in [-0.25, -0.2) is 0 Å². The van der Waals surface area contributed by atoms with Crippen LogP contribution in [0.3, 0.4) is 0 Å². The number of aryl methyl sites for hydroxylation is 2. The van der Waals surface area contributed by atoms with E-state index in [-0.39, 0.29) is 12.0 Å². The molecule has 27 heavy (non-hydrogen) atoms. The molecule has 0 spiro atoms. The van der Waals surface area contributed by atoms with E-state index >= 15 is 0 Å². The monoisotopic (exact) mass is 369 g/mol. The average molecular weight is 370 g/mol. The quantitative estimate of drug-likeness (QED) is 0.618. The van der Waals surface area contributed by atoms with Gasteiger partial charge in [-0.1, -0.05) is 36.8 Å². The lowest BCUT2D eigenvalue weighted by atomic mass is 10.1. The molecule has 2 rings (SSSR count). The van der Waals surface area contributed by atoms with Crippen LogP contribution in [0.15, 0.2) is 48.5 Å². The molecule has 0 radical (unpaired) electrons. The van der Waals surface area contributed by atoms with E-state index in [9.17, 15) is 4.79 Å². The van der Waals surface area contributed by atoms with Crippen molar-refractivity contribution >= 4 is 5.91 Å². The van der Waals surface area contributed by atoms with Crippen LogP contribution < -0.4 is 14.8 Å². The third-order valence-electron chi connectivity index (χ3n) is 4.17. The highest BCUT2D eigenvalue weighted by molar-refractivity contribution is 5.81. The van der Waals surface area contributed by atoms with Crippen LogP contribution in [0, 0.1) is 6.92 Å². The Balaban J connectivity index is 1.76. The smallest absolute Gasteiger partial charge is 0.261 e. The second kappa shape index (κ2) is 10.6. The minimum absolute atomic E-state index is 0.0602. The molecule has 4 nitrogen and oxygen atoms in total. The summed E-state index contributed by atoms with van der Waals surface area (Å²) in [5, 5.41) is 2.99. The largest absolute Gasteiger partial charge is 0.491 e. The van der Waals surface area contributed by atoms with Crippen LogP contribution in [0.1, 0.15) is 44.7 Å². The van der Waals surface area contributed by atoms with E-state index in [1.165, 1.54) is 11.1 Å². The van der Waals surface area contributed by atoms with Gasteiger partial charge < -0.3 is 14.8 Å². The Kier molecular flexibility index (Phi) is 8.18. The Morgan fingerprint density at radius 3 is 2.44 bits per heavy atom. The maximum atomic E-state index is 12.4. The number of nitrogens with one attached hydrogen (secondary N) is 1. The van der Waals surface area contributed by atoms with Gasteiger partial charge in [-0.2, -0.15) is 0 Å². The summed E-state index contributed by atoms with van der Waals surface area (Å²) in [4.78, 5) is 12.4. The zero-order valence-corrected chi connectivity index (χ0v) is 16.8. The Morgan fingerprint density at radius 2 is 1.78 bits per heavy atom. The fraction of sp³-hybridized carbons (Fsp3) is 0.435. The molecule has 4 heteroatoms. The third-order valence-corrected chi connectivity index (χ3v) is 4.17. The molecule has 0 fully saturated rings. The maximum absolute atomic E-state index is 12.4. The zero-order valence-electron chi connectivity index (χ0n) is 16.8. The second-order valence-electron chi connectivity index (χ2n) is 7.04. The maximum Gasteiger partial charge on any atom is 0.261 e. The number of hydrogen-bond acceptors (Lipinski definition) is 3. The first kappa shape index (κ1) is 20.8. The fourth-order valence-corrected chi connectivity index (χ4v) is 2.77. The number of amides is 1. The van der Waals surface area contributed by atoms with Crippen molar-refractivity contribution in [3.8, 4) is 11.5 Å². The number of rotatable bonds is 10. The van der Waals surface area contributed by atoms with E-state index in [0.29, 0.717) is 13.0 Å². The molecule has 0 aliphatic heterocycles. The van der Waals surface area contributed by atoms with Crippen LogP contribution in [0.4, 0.5) is 0 Å². The lowest BCUT2D eigenvalue weighted by Gasteiger charge is -2.17. The normalized spacial score (nSPS) is 11.9. The van der Waals surface area contributed by atoms with Crippen LogP contribution >= 0.6 is 0 Å². The van der Waals surface area contributed by atoms with E-state index < -0.39 is 6.10 Å². The van der Waals surface area contributed by atoms with Crippen LogP contribution in [-0.4, -0.2) is 24.7 Å². The number of carbonyl (C=O) groups is 1. The molecule has 1 N–H and O–H groups in total. The molecular formula is C23H31NO3. The van der Waals surface area contributed by atoms with E-state index in [2.05, 4.69) is 17.4 Å². The molecule has 0 aliphatic rings. The number of benzene rings is 2. The highest BCUT2D eigenvalue weighted by atomic mass is 16.5. The van der Waals surface area contributed by atoms with E-state index in [0.717, 1.165) is 24.3 Å². The van der Waals surface area contributed by atoms with Gasteiger partial charge in [-0.05, 0) is 69.9 Å². The van der Waals surface area contributed by atoms with Crippen LogP contribution in [0.5, 0.6) is 11.5 Å². The predicted molar refractivity (Wildman–Crippen MR) is 109 cm³/mol. The van der Waals surface area contributed by atoms with E-state index in [4.69, 9.17) is 9.47 Å². The first-order valence-corrected chi connectivity index (χ1v) is 9.74. The summed E-state index contributed by atoms with van der Waals surface area (Å²) in [7, 11) is 0. The van der Waals surface area contributed by atoms with Crippen molar-refractivity contribution in [2.24, 2.45) is 0 Å². The van der Waals surface area contributed by atoms with Gasteiger partial charge in [0.1, 0.15) is 11.5 Å². The number of carbonyl (C=O) groups excluding carboxylic acids is 1. The summed E-state index contributed by atoms with van der Waals surface area (Å²) < 4.78 is 11.5.